The van der Waals surface area contributed by atoms with Gasteiger partial charge >= 0.3 is 0 Å². The lowest BCUT2D eigenvalue weighted by atomic mass is 9.80. The predicted octanol–water partition coefficient (Wildman–Crippen LogP) is 3.40. The van der Waals surface area contributed by atoms with E-state index in [1.807, 2.05) is 0 Å². The molecule has 0 saturated heterocycles. The first-order chi connectivity index (χ1) is 7.29. The summed E-state index contributed by atoms with van der Waals surface area (Å²) in [5.41, 5.74) is 0. The third kappa shape index (κ3) is 4.12. The Labute approximate surface area is 94.3 Å². The summed E-state index contributed by atoms with van der Waals surface area (Å²) in [6.45, 7) is 8.46. The van der Waals surface area contributed by atoms with Crippen molar-refractivity contribution in [2.75, 3.05) is 13.2 Å². The molecule has 0 aromatic rings. The fourth-order valence-electron chi connectivity index (χ4n) is 1.98. The van der Waals surface area contributed by atoms with Crippen LogP contribution in [0.25, 0.3) is 0 Å². The van der Waals surface area contributed by atoms with E-state index >= 15 is 0 Å². The lowest BCUT2D eigenvalue weighted by Crippen LogP contribution is -2.48. The fourth-order valence-corrected chi connectivity index (χ4v) is 1.98. The maximum Gasteiger partial charge on any atom is 0.0863 e. The highest BCUT2D eigenvalue weighted by atomic mass is 16.5. The summed E-state index contributed by atoms with van der Waals surface area (Å²) in [4.78, 5) is 0. The van der Waals surface area contributed by atoms with Crippen LogP contribution in [0.15, 0.2) is 0 Å². The van der Waals surface area contributed by atoms with Crippen molar-refractivity contribution < 1.29 is 9.47 Å². The number of hydrogen-bond donors (Lipinski definition) is 0. The van der Waals surface area contributed by atoms with Crippen LogP contribution in [-0.2, 0) is 9.47 Å². The van der Waals surface area contributed by atoms with Crippen molar-refractivity contribution in [3.8, 4) is 0 Å². The van der Waals surface area contributed by atoms with Crippen molar-refractivity contribution in [3.63, 3.8) is 0 Å². The number of ether oxygens (including phenoxy) is 2. The topological polar surface area (TPSA) is 18.5 Å². The van der Waals surface area contributed by atoms with E-state index in [1.165, 1.54) is 32.1 Å². The smallest absolute Gasteiger partial charge is 0.0863 e. The van der Waals surface area contributed by atoms with E-state index in [0.717, 1.165) is 13.2 Å². The molecule has 0 amide bonds. The van der Waals surface area contributed by atoms with Gasteiger partial charge in [-0.1, -0.05) is 33.6 Å². The van der Waals surface area contributed by atoms with Crippen LogP contribution >= 0.6 is 0 Å². The molecule has 15 heavy (non-hydrogen) atoms. The molecule has 1 saturated carbocycles. The first-order valence-corrected chi connectivity index (χ1v) is 6.52. The molecule has 0 spiro atoms. The van der Waals surface area contributed by atoms with Crippen LogP contribution in [0.1, 0.15) is 52.9 Å². The average Bonchev–Trinajstić information content (AvgIpc) is 2.23. The van der Waals surface area contributed by atoms with Gasteiger partial charge in [-0.25, -0.2) is 0 Å². The maximum atomic E-state index is 5.85. The normalized spacial score (nSPS) is 30.2. The summed E-state index contributed by atoms with van der Waals surface area (Å²) in [6, 6.07) is 0. The van der Waals surface area contributed by atoms with E-state index in [2.05, 4.69) is 20.8 Å². The van der Waals surface area contributed by atoms with Crippen molar-refractivity contribution in [1.82, 2.24) is 0 Å². The third-order valence-corrected chi connectivity index (χ3v) is 3.17. The summed E-state index contributed by atoms with van der Waals surface area (Å²) in [5.74, 6) is 0.688. The molecule has 1 aliphatic rings. The molecular formula is C13H26O2. The predicted molar refractivity (Wildman–Crippen MR) is 63.1 cm³/mol. The van der Waals surface area contributed by atoms with Crippen LogP contribution in [0, 0.1) is 5.92 Å². The second-order valence-corrected chi connectivity index (χ2v) is 4.66. The standard InChI is InChI=1S/C13H26O2/c1-4-6-8-14-12-10-11(3)13(12)15-9-7-5-2/h11-13H,4-10H2,1-3H3. The van der Waals surface area contributed by atoms with Gasteiger partial charge in [0.15, 0.2) is 0 Å². The third-order valence-electron chi connectivity index (χ3n) is 3.17. The lowest BCUT2D eigenvalue weighted by molar-refractivity contribution is -0.160. The average molecular weight is 214 g/mol. The van der Waals surface area contributed by atoms with Crippen LogP contribution in [0.4, 0.5) is 0 Å². The second kappa shape index (κ2) is 7.24. The minimum absolute atomic E-state index is 0.369. The minimum Gasteiger partial charge on any atom is -0.375 e. The minimum atomic E-state index is 0.369. The van der Waals surface area contributed by atoms with Gasteiger partial charge in [0.2, 0.25) is 0 Å². The van der Waals surface area contributed by atoms with Gasteiger partial charge in [-0.2, -0.15) is 0 Å². The number of unbranched alkanes of at least 4 members (excludes halogenated alkanes) is 2. The molecule has 0 aromatic heterocycles. The van der Waals surface area contributed by atoms with Crippen molar-refractivity contribution in [3.05, 3.63) is 0 Å². The SMILES string of the molecule is CCCCOC1CC(C)C1OCCCC. The van der Waals surface area contributed by atoms with Gasteiger partial charge in [0.1, 0.15) is 0 Å². The highest BCUT2D eigenvalue weighted by molar-refractivity contribution is 4.89. The van der Waals surface area contributed by atoms with E-state index in [4.69, 9.17) is 9.47 Å². The van der Waals surface area contributed by atoms with Crippen molar-refractivity contribution in [2.45, 2.75) is 65.1 Å². The van der Waals surface area contributed by atoms with Crippen molar-refractivity contribution in [2.24, 2.45) is 5.92 Å². The van der Waals surface area contributed by atoms with Crippen LogP contribution in [-0.4, -0.2) is 25.4 Å². The Morgan fingerprint density at radius 2 is 1.60 bits per heavy atom. The molecule has 0 aliphatic heterocycles. The molecular weight excluding hydrogens is 188 g/mol. The van der Waals surface area contributed by atoms with Crippen LogP contribution in [0.5, 0.6) is 0 Å². The first-order valence-electron chi connectivity index (χ1n) is 6.52. The zero-order valence-electron chi connectivity index (χ0n) is 10.5. The monoisotopic (exact) mass is 214 g/mol. The Bertz CT molecular complexity index is 159. The quantitative estimate of drug-likeness (QED) is 0.577. The van der Waals surface area contributed by atoms with E-state index in [-0.39, 0.29) is 0 Å². The molecule has 2 heteroatoms. The van der Waals surface area contributed by atoms with Crippen molar-refractivity contribution >= 4 is 0 Å². The zero-order valence-corrected chi connectivity index (χ0v) is 10.5. The molecule has 0 aromatic carbocycles. The van der Waals surface area contributed by atoms with Gasteiger partial charge in [-0.3, -0.25) is 0 Å². The van der Waals surface area contributed by atoms with E-state index < -0.39 is 0 Å². The van der Waals surface area contributed by atoms with Crippen LogP contribution in [0.3, 0.4) is 0 Å². The Hall–Kier alpha value is -0.0800. The van der Waals surface area contributed by atoms with Gasteiger partial charge in [0.05, 0.1) is 12.2 Å². The van der Waals surface area contributed by atoms with Gasteiger partial charge < -0.3 is 9.47 Å². The van der Waals surface area contributed by atoms with Crippen LogP contribution in [0.2, 0.25) is 0 Å². The Balaban J connectivity index is 2.10. The van der Waals surface area contributed by atoms with Crippen LogP contribution < -0.4 is 0 Å². The van der Waals surface area contributed by atoms with E-state index in [1.54, 1.807) is 0 Å². The molecule has 0 bridgehead atoms. The molecule has 3 unspecified atom stereocenters. The molecule has 1 aliphatic carbocycles. The number of rotatable bonds is 8. The lowest BCUT2D eigenvalue weighted by Gasteiger charge is -2.42. The molecule has 3 atom stereocenters. The largest absolute Gasteiger partial charge is 0.375 e. The molecule has 1 fully saturated rings. The maximum absolute atomic E-state index is 5.85. The zero-order chi connectivity index (χ0) is 11.1. The molecule has 0 N–H and O–H groups in total. The van der Waals surface area contributed by atoms with Gasteiger partial charge in [-0.15, -0.1) is 0 Å². The molecule has 0 heterocycles. The summed E-state index contributed by atoms with van der Waals surface area (Å²) in [7, 11) is 0. The molecule has 90 valence electrons. The van der Waals surface area contributed by atoms with Gasteiger partial charge in [-0.05, 0) is 25.2 Å². The molecule has 2 nitrogen and oxygen atoms in total. The Morgan fingerprint density at radius 3 is 2.13 bits per heavy atom. The van der Waals surface area contributed by atoms with E-state index in [9.17, 15) is 0 Å². The van der Waals surface area contributed by atoms with Gasteiger partial charge in [0, 0.05) is 13.2 Å². The Kier molecular flexibility index (Phi) is 6.26. The molecule has 0 radical (unpaired) electrons. The summed E-state index contributed by atoms with van der Waals surface area (Å²) in [5, 5.41) is 0. The van der Waals surface area contributed by atoms with Gasteiger partial charge in [0.25, 0.3) is 0 Å². The first kappa shape index (κ1) is 13.0. The highest BCUT2D eigenvalue weighted by Crippen LogP contribution is 2.33. The summed E-state index contributed by atoms with van der Waals surface area (Å²) in [6.07, 6.45) is 6.70. The number of hydrogen-bond acceptors (Lipinski definition) is 2. The fraction of sp³-hybridized carbons (Fsp3) is 1.00. The second-order valence-electron chi connectivity index (χ2n) is 4.66. The molecule has 1 rings (SSSR count). The van der Waals surface area contributed by atoms with E-state index in [0.29, 0.717) is 18.1 Å². The highest BCUT2D eigenvalue weighted by Gasteiger charge is 2.39. The summed E-state index contributed by atoms with van der Waals surface area (Å²) < 4.78 is 11.7. The Morgan fingerprint density at radius 1 is 1.00 bits per heavy atom. The van der Waals surface area contributed by atoms with Crippen molar-refractivity contribution in [1.29, 1.82) is 0 Å². The summed E-state index contributed by atoms with van der Waals surface area (Å²) >= 11 is 0.